The summed E-state index contributed by atoms with van der Waals surface area (Å²) in [5.74, 6) is 0.357. The minimum absolute atomic E-state index is 0.00172. The molecule has 0 saturated carbocycles. The van der Waals surface area contributed by atoms with Gasteiger partial charge in [-0.3, -0.25) is 14.9 Å². The fourth-order valence-electron chi connectivity index (χ4n) is 2.78. The van der Waals surface area contributed by atoms with Gasteiger partial charge >= 0.3 is 0 Å². The summed E-state index contributed by atoms with van der Waals surface area (Å²) in [6.07, 6.45) is 2.90. The summed E-state index contributed by atoms with van der Waals surface area (Å²) < 4.78 is 0. The molecule has 1 aliphatic heterocycles. The molecule has 1 aromatic rings. The second-order valence-corrected chi connectivity index (χ2v) is 5.46. The number of hydrogen-bond acceptors (Lipinski definition) is 4. The summed E-state index contributed by atoms with van der Waals surface area (Å²) >= 11 is 0. The molecule has 0 aliphatic carbocycles. The maximum Gasteiger partial charge on any atom is 0.269 e. The average molecular weight is 292 g/mol. The smallest absolute Gasteiger partial charge is 0.269 e. The first kappa shape index (κ1) is 15.4. The lowest BCUT2D eigenvalue weighted by atomic mass is 9.94. The van der Waals surface area contributed by atoms with Crippen molar-refractivity contribution in [1.82, 2.24) is 4.90 Å². The number of non-ortho nitro benzene ring substituents is 1. The van der Waals surface area contributed by atoms with Gasteiger partial charge in [-0.25, -0.2) is 0 Å². The van der Waals surface area contributed by atoms with Gasteiger partial charge in [-0.2, -0.15) is 0 Å². The van der Waals surface area contributed by atoms with E-state index in [1.165, 1.54) is 12.1 Å². The Morgan fingerprint density at radius 2 is 2.29 bits per heavy atom. The maximum atomic E-state index is 12.3. The molecule has 1 amide bonds. The Balaban J connectivity index is 1.97. The second-order valence-electron chi connectivity index (χ2n) is 5.46. The molecule has 1 unspecified atom stereocenters. The highest BCUT2D eigenvalue weighted by molar-refractivity contribution is 5.79. The Morgan fingerprint density at radius 3 is 3.00 bits per heavy atom. The fourth-order valence-corrected chi connectivity index (χ4v) is 2.78. The van der Waals surface area contributed by atoms with Crippen molar-refractivity contribution >= 4 is 11.6 Å². The molecule has 1 heterocycles. The average Bonchev–Trinajstić information content (AvgIpc) is 2.48. The molecule has 0 spiro atoms. The number of hydrogen-bond donors (Lipinski definition) is 1. The molecule has 1 fully saturated rings. The predicted molar refractivity (Wildman–Crippen MR) is 77.8 cm³/mol. The van der Waals surface area contributed by atoms with Crippen LogP contribution in [0.3, 0.4) is 0 Å². The number of carbonyl (C=O) groups excluding carboxylic acids is 1. The van der Waals surface area contributed by atoms with E-state index in [9.17, 15) is 14.9 Å². The summed E-state index contributed by atoms with van der Waals surface area (Å²) in [5.41, 5.74) is 0.676. The van der Waals surface area contributed by atoms with Gasteiger partial charge in [0.05, 0.1) is 11.3 Å². The summed E-state index contributed by atoms with van der Waals surface area (Å²) in [6.45, 7) is 1.56. The van der Waals surface area contributed by atoms with Crippen LogP contribution in [0.1, 0.15) is 24.8 Å². The van der Waals surface area contributed by atoms with Gasteiger partial charge in [0, 0.05) is 31.8 Å². The molecule has 114 valence electrons. The number of benzene rings is 1. The van der Waals surface area contributed by atoms with Gasteiger partial charge in [-0.1, -0.05) is 12.1 Å². The molecule has 1 aliphatic rings. The molecule has 1 aromatic carbocycles. The van der Waals surface area contributed by atoms with Crippen LogP contribution >= 0.6 is 0 Å². The monoisotopic (exact) mass is 292 g/mol. The van der Waals surface area contributed by atoms with Crippen LogP contribution in [-0.2, 0) is 11.2 Å². The van der Waals surface area contributed by atoms with E-state index in [4.69, 9.17) is 5.11 Å². The number of nitro benzene ring substituents is 1. The van der Waals surface area contributed by atoms with Crippen LogP contribution in [0, 0.1) is 16.0 Å². The number of nitro groups is 1. The van der Waals surface area contributed by atoms with Crippen molar-refractivity contribution in [2.75, 3.05) is 19.7 Å². The van der Waals surface area contributed by atoms with Crippen LogP contribution < -0.4 is 0 Å². The Labute approximate surface area is 123 Å². The lowest BCUT2D eigenvalue weighted by Gasteiger charge is -2.32. The Kier molecular flexibility index (Phi) is 5.27. The Hall–Kier alpha value is -1.95. The number of aliphatic hydroxyl groups is 1. The number of nitrogens with zero attached hydrogens (tertiary/aromatic N) is 2. The van der Waals surface area contributed by atoms with E-state index in [1.807, 2.05) is 4.90 Å². The van der Waals surface area contributed by atoms with Crippen LogP contribution in [0.4, 0.5) is 5.69 Å². The highest BCUT2D eigenvalue weighted by Gasteiger charge is 2.23. The zero-order chi connectivity index (χ0) is 15.2. The molecule has 0 aromatic heterocycles. The van der Waals surface area contributed by atoms with Crippen LogP contribution in [-0.4, -0.2) is 40.5 Å². The zero-order valence-corrected chi connectivity index (χ0v) is 11.9. The molecule has 1 saturated heterocycles. The van der Waals surface area contributed by atoms with Gasteiger partial charge in [-0.05, 0) is 30.7 Å². The predicted octanol–water partition coefficient (Wildman–Crippen LogP) is 1.76. The normalized spacial score (nSPS) is 18.5. The molecule has 6 nitrogen and oxygen atoms in total. The fraction of sp³-hybridized carbons (Fsp3) is 0.533. The van der Waals surface area contributed by atoms with Crippen molar-refractivity contribution in [1.29, 1.82) is 0 Å². The molecule has 6 heteroatoms. The number of carbonyl (C=O) groups is 1. The molecule has 0 bridgehead atoms. The SMILES string of the molecule is O=C(Cc1cccc([N+](=O)[O-])c1)N1CCCC(CCO)C1. The lowest BCUT2D eigenvalue weighted by molar-refractivity contribution is -0.384. The second kappa shape index (κ2) is 7.17. The first-order chi connectivity index (χ1) is 10.1. The van der Waals surface area contributed by atoms with Gasteiger partial charge in [0.15, 0.2) is 0 Å². The molecule has 21 heavy (non-hydrogen) atoms. The van der Waals surface area contributed by atoms with E-state index in [0.717, 1.165) is 25.8 Å². The van der Waals surface area contributed by atoms with E-state index < -0.39 is 4.92 Å². The Bertz CT molecular complexity index is 516. The van der Waals surface area contributed by atoms with Crippen molar-refractivity contribution < 1.29 is 14.8 Å². The van der Waals surface area contributed by atoms with Crippen LogP contribution in [0.15, 0.2) is 24.3 Å². The van der Waals surface area contributed by atoms with Gasteiger partial charge in [-0.15, -0.1) is 0 Å². The third kappa shape index (κ3) is 4.26. The van der Waals surface area contributed by atoms with Crippen molar-refractivity contribution in [2.24, 2.45) is 5.92 Å². The van der Waals surface area contributed by atoms with E-state index in [1.54, 1.807) is 12.1 Å². The summed E-state index contributed by atoms with van der Waals surface area (Å²) in [4.78, 5) is 24.4. The van der Waals surface area contributed by atoms with Gasteiger partial charge < -0.3 is 10.0 Å². The standard InChI is InChI=1S/C15H20N2O4/c18-8-6-12-4-2-7-16(11-12)15(19)10-13-3-1-5-14(9-13)17(20)21/h1,3,5,9,12,18H,2,4,6-8,10-11H2. The summed E-state index contributed by atoms with van der Waals surface area (Å²) in [6, 6.07) is 6.21. The summed E-state index contributed by atoms with van der Waals surface area (Å²) in [7, 11) is 0. The van der Waals surface area contributed by atoms with Crippen LogP contribution in [0.5, 0.6) is 0 Å². The maximum absolute atomic E-state index is 12.3. The van der Waals surface area contributed by atoms with E-state index in [0.29, 0.717) is 18.0 Å². The van der Waals surface area contributed by atoms with Crippen molar-refractivity contribution in [3.8, 4) is 0 Å². The highest BCUT2D eigenvalue weighted by atomic mass is 16.6. The largest absolute Gasteiger partial charge is 0.396 e. The number of likely N-dealkylation sites (tertiary alicyclic amines) is 1. The van der Waals surface area contributed by atoms with Gasteiger partial charge in [0.25, 0.3) is 5.69 Å². The van der Waals surface area contributed by atoms with Gasteiger partial charge in [0.1, 0.15) is 0 Å². The molecule has 1 N–H and O–H groups in total. The first-order valence-electron chi connectivity index (χ1n) is 7.22. The zero-order valence-electron chi connectivity index (χ0n) is 11.9. The van der Waals surface area contributed by atoms with Crippen LogP contribution in [0.2, 0.25) is 0 Å². The molecule has 1 atom stereocenters. The highest BCUT2D eigenvalue weighted by Crippen LogP contribution is 2.20. The van der Waals surface area contributed by atoms with E-state index in [2.05, 4.69) is 0 Å². The minimum atomic E-state index is -0.452. The van der Waals surface area contributed by atoms with Crippen molar-refractivity contribution in [3.05, 3.63) is 39.9 Å². The summed E-state index contributed by atoms with van der Waals surface area (Å²) in [5, 5.41) is 19.7. The molecular weight excluding hydrogens is 272 g/mol. The first-order valence-corrected chi connectivity index (χ1v) is 7.22. The van der Waals surface area contributed by atoms with Crippen molar-refractivity contribution in [3.63, 3.8) is 0 Å². The number of aliphatic hydroxyl groups excluding tert-OH is 1. The van der Waals surface area contributed by atoms with Gasteiger partial charge in [0.2, 0.25) is 5.91 Å². The lowest BCUT2D eigenvalue weighted by Crippen LogP contribution is -2.40. The van der Waals surface area contributed by atoms with Crippen molar-refractivity contribution in [2.45, 2.75) is 25.7 Å². The molecule has 2 rings (SSSR count). The number of rotatable bonds is 5. The topological polar surface area (TPSA) is 83.7 Å². The molecular formula is C15H20N2O4. The molecule has 0 radical (unpaired) electrons. The number of piperidine rings is 1. The minimum Gasteiger partial charge on any atom is -0.396 e. The third-order valence-electron chi connectivity index (χ3n) is 3.89. The van der Waals surface area contributed by atoms with E-state index >= 15 is 0 Å². The Morgan fingerprint density at radius 1 is 1.48 bits per heavy atom. The number of amides is 1. The quantitative estimate of drug-likeness (QED) is 0.662. The third-order valence-corrected chi connectivity index (χ3v) is 3.89. The van der Waals surface area contributed by atoms with Crippen LogP contribution in [0.25, 0.3) is 0 Å². The van der Waals surface area contributed by atoms with E-state index in [-0.39, 0.29) is 24.6 Å².